The Morgan fingerprint density at radius 3 is 2.52 bits per heavy atom. The number of hydrogen-bond donors (Lipinski definition) is 9. The average molecular weight is 903 g/mol. The van der Waals surface area contributed by atoms with Gasteiger partial charge in [-0.3, -0.25) is 14.9 Å². The van der Waals surface area contributed by atoms with E-state index in [9.17, 15) is 35.1 Å². The Kier molecular flexibility index (Phi) is 15.4. The first-order chi connectivity index (χ1) is 31.4. The third kappa shape index (κ3) is 9.82. The van der Waals surface area contributed by atoms with Crippen molar-refractivity contribution in [1.82, 2.24) is 16.0 Å². The summed E-state index contributed by atoms with van der Waals surface area (Å²) in [7, 11) is 0. The molecule has 10 atom stereocenters. The van der Waals surface area contributed by atoms with E-state index in [-0.39, 0.29) is 37.3 Å². The van der Waals surface area contributed by atoms with Gasteiger partial charge in [0, 0.05) is 29.8 Å². The number of likely N-dealkylation sites (N-methyl/N-ethyl adjacent to an activating group) is 1. The van der Waals surface area contributed by atoms with E-state index in [4.69, 9.17) is 5.73 Å². The van der Waals surface area contributed by atoms with Crippen LogP contribution < -0.4 is 21.7 Å². The van der Waals surface area contributed by atoms with Crippen LogP contribution >= 0.6 is 0 Å². The molecule has 2 saturated carbocycles. The summed E-state index contributed by atoms with van der Waals surface area (Å²) in [6.07, 6.45) is 11.4. The summed E-state index contributed by atoms with van der Waals surface area (Å²) < 4.78 is 0. The fraction of sp³-hybridized carbons (Fsp3) is 0.527. The number of nitrogens with one attached hydrogen (secondary N) is 3. The minimum absolute atomic E-state index is 0.0113. The number of rotatable bonds is 7. The number of allylic oxidation sites excluding steroid dienone is 6. The van der Waals surface area contributed by atoms with Gasteiger partial charge >= 0.3 is 0 Å². The number of aliphatic hydroxyl groups excluding tert-OH is 4. The van der Waals surface area contributed by atoms with Crippen molar-refractivity contribution in [2.24, 2.45) is 22.5 Å². The van der Waals surface area contributed by atoms with E-state index in [1.54, 1.807) is 0 Å². The van der Waals surface area contributed by atoms with E-state index >= 15 is 0 Å². The molecule has 0 radical (unpaired) electrons. The van der Waals surface area contributed by atoms with Gasteiger partial charge in [0.25, 0.3) is 0 Å². The molecule has 10 N–H and O–H groups in total. The Morgan fingerprint density at radius 2 is 1.77 bits per heavy atom. The summed E-state index contributed by atoms with van der Waals surface area (Å²) in [4.78, 5) is 28.4. The Labute approximate surface area is 391 Å². The molecule has 7 rings (SSSR count). The fourth-order valence-electron chi connectivity index (χ4n) is 12.1. The highest BCUT2D eigenvalue weighted by atomic mass is 16.3. The largest absolute Gasteiger partial charge is 0.393 e. The van der Waals surface area contributed by atoms with Crippen molar-refractivity contribution in [3.05, 3.63) is 141 Å². The van der Waals surface area contributed by atoms with Crippen LogP contribution in [0.5, 0.6) is 0 Å². The highest BCUT2D eigenvalue weighted by Crippen LogP contribution is 2.67. The number of aryl methyl sites for hydroxylation is 1. The lowest BCUT2D eigenvalue weighted by Crippen LogP contribution is -2.61. The third-order valence-electron chi connectivity index (χ3n) is 15.8. The average Bonchev–Trinajstić information content (AvgIpc) is 3.57. The molecule has 2 aliphatic heterocycles. The van der Waals surface area contributed by atoms with E-state index < -0.39 is 52.9 Å². The van der Waals surface area contributed by atoms with Crippen LogP contribution in [-0.2, 0) is 28.9 Å². The predicted octanol–water partition coefficient (Wildman–Crippen LogP) is 6.12. The van der Waals surface area contributed by atoms with Crippen molar-refractivity contribution in [3.63, 3.8) is 0 Å². The standard InChI is InChI=1S/C55H74N4O7/c1-7-57-46(19-14-33(2)3)34(4)26-38-20-23-54(40(28-38)32-60)24-25-55(52(54)65)45-18-17-41(61)29-37-11-8-10-36(27-37)15-16-42(62)31-58-49-48-39(12-9-13-44(48)50(56)59-51(49)64)30-47(63)35(5)43(45)21-22-53(55,6)66/h8-14,20,23,26-28,41-42,45-46,49-50,52,57-58,60-62,65-66H,4,7,15-19,21-22,24-25,29-32,56H2,1-3,5-6H3,(H,59,64)/b38-26+,43-35+/t41-,42+,45-,46+,49-,50-,52-,53-,54-,55-/m1/s1. The molecule has 11 nitrogen and oxygen atoms in total. The Bertz CT molecular complexity index is 2320. The zero-order valence-electron chi connectivity index (χ0n) is 39.7. The van der Waals surface area contributed by atoms with E-state index in [0.717, 1.165) is 40.8 Å². The first kappa shape index (κ1) is 49.6. The van der Waals surface area contributed by atoms with Gasteiger partial charge in [-0.15, -0.1) is 0 Å². The normalized spacial score (nSPS) is 34.0. The lowest BCUT2D eigenvalue weighted by molar-refractivity contribution is -0.174. The number of amides is 1. The van der Waals surface area contributed by atoms with Crippen molar-refractivity contribution >= 4 is 11.7 Å². The Hall–Kier alpha value is -4.30. The third-order valence-corrected chi connectivity index (χ3v) is 15.8. The van der Waals surface area contributed by atoms with Crippen LogP contribution in [0.1, 0.15) is 126 Å². The van der Waals surface area contributed by atoms with Crippen molar-refractivity contribution in [3.8, 4) is 0 Å². The first-order valence-electron chi connectivity index (χ1n) is 24.2. The number of carbonyl (C=O) groups excluding carboxylic acids is 2. The molecule has 5 aliphatic rings. The van der Waals surface area contributed by atoms with Gasteiger partial charge in [0.1, 0.15) is 12.2 Å². The second-order valence-electron chi connectivity index (χ2n) is 20.3. The summed E-state index contributed by atoms with van der Waals surface area (Å²) in [5, 5.41) is 69.6. The van der Waals surface area contributed by atoms with Crippen molar-refractivity contribution in [2.75, 3.05) is 19.7 Å². The number of β-amino-alcohol motifs (C(OH)–C–C–N with tert-alkyl or cyclic N) is 1. The summed E-state index contributed by atoms with van der Waals surface area (Å²) in [6, 6.07) is 12.8. The summed E-state index contributed by atoms with van der Waals surface area (Å²) >= 11 is 0. The summed E-state index contributed by atoms with van der Waals surface area (Å²) in [5.74, 6) is -0.965. The van der Waals surface area contributed by atoms with Crippen LogP contribution in [0.3, 0.4) is 0 Å². The number of nitrogens with two attached hydrogens (primary N) is 1. The van der Waals surface area contributed by atoms with E-state index in [1.165, 1.54) is 5.57 Å². The van der Waals surface area contributed by atoms with Gasteiger partial charge < -0.3 is 41.9 Å². The van der Waals surface area contributed by atoms with Gasteiger partial charge in [0.15, 0.2) is 5.78 Å². The molecule has 3 aliphatic carbocycles. The Morgan fingerprint density at radius 1 is 1.02 bits per heavy atom. The smallest absolute Gasteiger partial charge is 0.243 e. The van der Waals surface area contributed by atoms with Crippen LogP contribution in [0, 0.1) is 16.7 Å². The Balaban J connectivity index is 1.30. The first-order valence-corrected chi connectivity index (χ1v) is 24.2. The zero-order valence-corrected chi connectivity index (χ0v) is 39.7. The second kappa shape index (κ2) is 20.5. The van der Waals surface area contributed by atoms with Crippen LogP contribution in [-0.4, -0.2) is 86.9 Å². The van der Waals surface area contributed by atoms with E-state index in [1.807, 2.05) is 74.5 Å². The molecule has 356 valence electrons. The molecule has 2 aromatic rings. The number of hydrogen-bond acceptors (Lipinski definition) is 10. The molecule has 0 unspecified atom stereocenters. The molecule has 2 bridgehead atoms. The minimum atomic E-state index is -1.37. The number of Topliss-reactive ketones (excluding diaryl/α,β-unsaturated/α-hetero) is 1. The quantitative estimate of drug-likeness (QED) is 0.146. The molecule has 2 aromatic carbocycles. The molecular formula is C55H74N4O7. The minimum Gasteiger partial charge on any atom is -0.393 e. The van der Waals surface area contributed by atoms with Gasteiger partial charge in [-0.1, -0.05) is 97.5 Å². The van der Waals surface area contributed by atoms with Crippen molar-refractivity contribution in [1.29, 1.82) is 0 Å². The number of fused-ring (bicyclic) bond motifs is 4. The van der Waals surface area contributed by atoms with E-state index in [2.05, 4.69) is 55.4 Å². The fourth-order valence-corrected chi connectivity index (χ4v) is 12.1. The maximum atomic E-state index is 14.8. The summed E-state index contributed by atoms with van der Waals surface area (Å²) in [5.41, 5.74) is 12.0. The second-order valence-corrected chi connectivity index (χ2v) is 20.3. The van der Waals surface area contributed by atoms with Crippen molar-refractivity contribution < 1.29 is 35.1 Å². The lowest BCUT2D eigenvalue weighted by atomic mass is 9.51. The molecule has 0 saturated heterocycles. The molecule has 2 heterocycles. The van der Waals surface area contributed by atoms with Crippen LogP contribution in [0.15, 0.2) is 113 Å². The van der Waals surface area contributed by atoms with Gasteiger partial charge in [0.2, 0.25) is 5.91 Å². The van der Waals surface area contributed by atoms with Crippen LogP contribution in [0.4, 0.5) is 0 Å². The monoisotopic (exact) mass is 903 g/mol. The van der Waals surface area contributed by atoms with Crippen LogP contribution in [0.25, 0.3) is 0 Å². The zero-order chi connectivity index (χ0) is 47.6. The molecule has 11 heteroatoms. The van der Waals surface area contributed by atoms with Gasteiger partial charge in [-0.05, 0) is 154 Å². The number of benzene rings is 2. The van der Waals surface area contributed by atoms with E-state index in [0.29, 0.717) is 85.6 Å². The van der Waals surface area contributed by atoms with Gasteiger partial charge in [-0.25, -0.2) is 0 Å². The molecular weight excluding hydrogens is 829 g/mol. The molecule has 2 spiro atoms. The number of carbonyl (C=O) groups is 2. The van der Waals surface area contributed by atoms with Gasteiger partial charge in [-0.2, -0.15) is 0 Å². The van der Waals surface area contributed by atoms with Crippen LogP contribution in [0.2, 0.25) is 0 Å². The molecule has 1 amide bonds. The highest BCUT2D eigenvalue weighted by Gasteiger charge is 2.68. The number of ketones is 1. The number of aliphatic hydroxyl groups is 5. The molecule has 0 aromatic heterocycles. The van der Waals surface area contributed by atoms with Crippen molar-refractivity contribution in [2.45, 2.75) is 147 Å². The maximum Gasteiger partial charge on any atom is 0.243 e. The predicted molar refractivity (Wildman–Crippen MR) is 260 cm³/mol. The van der Waals surface area contributed by atoms with Gasteiger partial charge in [0.05, 0.1) is 30.5 Å². The molecule has 66 heavy (non-hydrogen) atoms. The summed E-state index contributed by atoms with van der Waals surface area (Å²) in [6.45, 7) is 14.9. The lowest BCUT2D eigenvalue weighted by Gasteiger charge is -2.57. The maximum absolute atomic E-state index is 14.8. The SMILES string of the molecule is C=C(/C=C1\C=C[C@@]2(CC[C@@]3([C@@H]4CC[C@@H](O)Cc5cccc(c5)CC[C@H](O)CN[C@H]5C(=O)N[C@@H](N)c6cccc(c65)CC(=O)/C(C)=C/4CC[C@@]3(C)O)[C@@H]2O)C(CO)=C1)[C@H](CC=C(C)C)NCC. The topological polar surface area (TPSA) is 197 Å². The molecule has 2 fully saturated rings. The highest BCUT2D eigenvalue weighted by molar-refractivity contribution is 5.98.